The molecule has 4 amide bonds. The minimum Gasteiger partial charge on any atom is -0.509 e. The van der Waals surface area contributed by atoms with Crippen LogP contribution in [-0.4, -0.2) is 131 Å². The number of piperidine rings is 3. The van der Waals surface area contributed by atoms with Gasteiger partial charge >= 0.3 is 18.3 Å². The van der Waals surface area contributed by atoms with Gasteiger partial charge in [0.05, 0.1) is 0 Å². The molecule has 3 saturated heterocycles. The predicted octanol–water partition coefficient (Wildman–Crippen LogP) is 3.17. The van der Waals surface area contributed by atoms with Crippen molar-refractivity contribution in [2.45, 2.75) is 81.3 Å². The van der Waals surface area contributed by atoms with E-state index in [4.69, 9.17) is 12.6 Å². The second-order valence-electron chi connectivity index (χ2n) is 13.8. The summed E-state index contributed by atoms with van der Waals surface area (Å²) in [4.78, 5) is 47.4. The highest BCUT2D eigenvalue weighted by molar-refractivity contribution is 6.34. The lowest BCUT2D eigenvalue weighted by Crippen LogP contribution is -2.57. The van der Waals surface area contributed by atoms with E-state index >= 15 is 0 Å². The SMILES string of the molecule is [B]c1cc(C[C@@H](OC(=O)N2CCC(N3CCc4ccccc4NC3=O)CC2)C(=O)N2CCC(N3CCC(O)(C(F)(F)F)CC3)CC2)ccc1O. The van der Waals surface area contributed by atoms with E-state index in [0.717, 1.165) is 17.7 Å². The molecule has 3 N–H and O–H groups in total. The first-order chi connectivity index (χ1) is 23.8. The number of benzene rings is 2. The van der Waals surface area contributed by atoms with Crippen molar-refractivity contribution in [2.75, 3.05) is 51.1 Å². The number of aliphatic hydroxyl groups is 1. The quantitative estimate of drug-likeness (QED) is 0.397. The van der Waals surface area contributed by atoms with Crippen molar-refractivity contribution in [3.05, 3.63) is 53.6 Å². The van der Waals surface area contributed by atoms with Crippen LogP contribution in [0.2, 0.25) is 0 Å². The summed E-state index contributed by atoms with van der Waals surface area (Å²) in [7, 11) is 5.90. The summed E-state index contributed by atoms with van der Waals surface area (Å²) >= 11 is 0. The molecule has 1 atom stereocenters. The van der Waals surface area contributed by atoms with E-state index in [-0.39, 0.29) is 67.6 Å². The number of para-hydroxylation sites is 1. The zero-order chi connectivity index (χ0) is 35.6. The van der Waals surface area contributed by atoms with Gasteiger partial charge in [0.15, 0.2) is 11.7 Å². The van der Waals surface area contributed by atoms with Gasteiger partial charge in [0, 0.05) is 70.0 Å². The van der Waals surface area contributed by atoms with E-state index in [9.17, 15) is 37.8 Å². The van der Waals surface area contributed by atoms with Crippen LogP contribution in [0.15, 0.2) is 42.5 Å². The van der Waals surface area contributed by atoms with E-state index in [1.54, 1.807) is 15.9 Å². The number of likely N-dealkylation sites (tertiary alicyclic amines) is 3. The van der Waals surface area contributed by atoms with Crippen LogP contribution in [0.25, 0.3) is 0 Å². The second-order valence-corrected chi connectivity index (χ2v) is 13.8. The molecule has 0 unspecified atom stereocenters. The molecule has 4 aliphatic rings. The Kier molecular flexibility index (Phi) is 10.5. The van der Waals surface area contributed by atoms with Crippen LogP contribution in [0.3, 0.4) is 0 Å². The summed E-state index contributed by atoms with van der Waals surface area (Å²) in [5.74, 6) is -0.490. The molecule has 15 heteroatoms. The van der Waals surface area contributed by atoms with Crippen LogP contribution >= 0.6 is 0 Å². The minimum atomic E-state index is -4.67. The molecule has 4 aliphatic heterocycles. The number of nitrogens with zero attached hydrogens (tertiary/aromatic N) is 4. The standard InChI is InChI=1S/C35H43BF3N5O6/c36-27-21-23(5-6-29(27)45)22-30(31(46)42-14-8-25(9-15-42)41-19-12-34(49,13-20-41)35(37,38)39)50-33(48)43-16-10-26(11-17-43)44-18-7-24-3-1-2-4-28(24)40-32(44)47/h1-6,21,25-26,30,45,49H,7-20,22H2,(H,40,47)/t30-/m1/s1. The molecule has 4 heterocycles. The third-order valence-electron chi connectivity index (χ3n) is 10.8. The highest BCUT2D eigenvalue weighted by Crippen LogP contribution is 2.39. The average molecular weight is 698 g/mol. The third kappa shape index (κ3) is 7.83. The molecular formula is C35H43BF3N5O6. The molecule has 268 valence electrons. The average Bonchev–Trinajstić information content (AvgIpc) is 3.27. The Morgan fingerprint density at radius 1 is 0.940 bits per heavy atom. The van der Waals surface area contributed by atoms with Crippen molar-refractivity contribution in [2.24, 2.45) is 0 Å². The number of ether oxygens (including phenoxy) is 1. The fourth-order valence-corrected chi connectivity index (χ4v) is 7.62. The lowest BCUT2D eigenvalue weighted by atomic mass is 9.88. The van der Waals surface area contributed by atoms with Crippen molar-refractivity contribution in [3.8, 4) is 5.75 Å². The number of phenols is 1. The number of rotatable bonds is 6. The molecule has 0 aromatic heterocycles. The van der Waals surface area contributed by atoms with Gasteiger partial charge in [-0.2, -0.15) is 13.2 Å². The minimum absolute atomic E-state index is 0.0299. The summed E-state index contributed by atoms with van der Waals surface area (Å²) in [5, 5.41) is 23.0. The number of phenolic OH excluding ortho intramolecular Hbond substituents is 1. The number of hydrogen-bond donors (Lipinski definition) is 3. The summed E-state index contributed by atoms with van der Waals surface area (Å²) in [6, 6.07) is 12.0. The van der Waals surface area contributed by atoms with Gasteiger partial charge in [0.1, 0.15) is 13.6 Å². The Bertz CT molecular complexity index is 1560. The normalized spacial score (nSPS) is 21.6. The molecule has 3 fully saturated rings. The van der Waals surface area contributed by atoms with Gasteiger partial charge in [-0.05, 0) is 68.2 Å². The maximum Gasteiger partial charge on any atom is 0.417 e. The molecule has 6 rings (SSSR count). The molecule has 2 radical (unpaired) electrons. The Morgan fingerprint density at radius 2 is 1.58 bits per heavy atom. The maximum atomic E-state index is 13.9. The lowest BCUT2D eigenvalue weighted by molar-refractivity contribution is -0.273. The van der Waals surface area contributed by atoms with Gasteiger partial charge in [-0.1, -0.05) is 35.8 Å². The number of aromatic hydroxyl groups is 1. The first kappa shape index (κ1) is 35.8. The highest BCUT2D eigenvalue weighted by Gasteiger charge is 2.55. The number of carbonyl (C=O) groups is 3. The largest absolute Gasteiger partial charge is 0.509 e. The van der Waals surface area contributed by atoms with E-state index in [2.05, 4.69) is 5.32 Å². The molecule has 0 saturated carbocycles. The van der Waals surface area contributed by atoms with Crippen molar-refractivity contribution in [3.63, 3.8) is 0 Å². The molecular weight excluding hydrogens is 654 g/mol. The van der Waals surface area contributed by atoms with E-state index in [1.807, 2.05) is 34.1 Å². The molecule has 2 aromatic carbocycles. The van der Waals surface area contributed by atoms with Gasteiger partial charge in [-0.3, -0.25) is 4.79 Å². The summed E-state index contributed by atoms with van der Waals surface area (Å²) in [6.45, 7) is 2.16. The van der Waals surface area contributed by atoms with Crippen LogP contribution in [0.1, 0.15) is 49.7 Å². The van der Waals surface area contributed by atoms with Crippen molar-refractivity contribution < 1.29 is 42.5 Å². The van der Waals surface area contributed by atoms with Crippen LogP contribution in [0, 0.1) is 0 Å². The molecule has 0 aliphatic carbocycles. The maximum absolute atomic E-state index is 13.9. The van der Waals surface area contributed by atoms with Crippen LogP contribution in [0.5, 0.6) is 5.75 Å². The number of hydrogen-bond acceptors (Lipinski definition) is 7. The van der Waals surface area contributed by atoms with Crippen LogP contribution < -0.4 is 10.8 Å². The Balaban J connectivity index is 1.06. The van der Waals surface area contributed by atoms with Gasteiger partial charge < -0.3 is 39.9 Å². The molecule has 0 bridgehead atoms. The molecule has 0 spiro atoms. The van der Waals surface area contributed by atoms with E-state index in [1.165, 1.54) is 12.1 Å². The number of nitrogens with one attached hydrogen (secondary N) is 1. The number of amides is 4. The monoisotopic (exact) mass is 697 g/mol. The smallest absolute Gasteiger partial charge is 0.417 e. The predicted molar refractivity (Wildman–Crippen MR) is 179 cm³/mol. The number of anilines is 1. The van der Waals surface area contributed by atoms with Gasteiger partial charge in [0.25, 0.3) is 5.91 Å². The number of carbonyl (C=O) groups excluding carboxylic acids is 3. The Hall–Kier alpha value is -3.98. The number of halogens is 3. The zero-order valence-corrected chi connectivity index (χ0v) is 27.9. The zero-order valence-electron chi connectivity index (χ0n) is 27.9. The topological polar surface area (TPSA) is 126 Å². The van der Waals surface area contributed by atoms with Crippen molar-refractivity contribution in [1.82, 2.24) is 19.6 Å². The van der Waals surface area contributed by atoms with Gasteiger partial charge in [0.2, 0.25) is 0 Å². The molecule has 50 heavy (non-hydrogen) atoms. The van der Waals surface area contributed by atoms with Gasteiger partial charge in [-0.25, -0.2) is 9.59 Å². The van der Waals surface area contributed by atoms with Crippen molar-refractivity contribution >= 4 is 37.0 Å². The van der Waals surface area contributed by atoms with Crippen molar-refractivity contribution in [1.29, 1.82) is 0 Å². The lowest BCUT2D eigenvalue weighted by Gasteiger charge is -2.45. The summed E-state index contributed by atoms with van der Waals surface area (Å²) in [6.07, 6.45) is -4.34. The highest BCUT2D eigenvalue weighted by atomic mass is 19.4. The Morgan fingerprint density at radius 3 is 2.24 bits per heavy atom. The van der Waals surface area contributed by atoms with E-state index < -0.39 is 24.0 Å². The molecule has 2 aromatic rings. The Labute approximate surface area is 290 Å². The summed E-state index contributed by atoms with van der Waals surface area (Å²) in [5.41, 5.74) is -0.0641. The van der Waals surface area contributed by atoms with E-state index in [0.29, 0.717) is 64.0 Å². The first-order valence-electron chi connectivity index (χ1n) is 17.3. The fraction of sp³-hybridized carbons (Fsp3) is 0.571. The first-order valence-corrected chi connectivity index (χ1v) is 17.3. The number of urea groups is 1. The van der Waals surface area contributed by atoms with Gasteiger partial charge in [-0.15, -0.1) is 0 Å². The molecule has 11 nitrogen and oxygen atoms in total. The third-order valence-corrected chi connectivity index (χ3v) is 10.8. The number of fused-ring (bicyclic) bond motifs is 1. The number of alkyl halides is 3. The van der Waals surface area contributed by atoms with Crippen LogP contribution in [-0.2, 0) is 22.4 Å². The summed E-state index contributed by atoms with van der Waals surface area (Å²) < 4.78 is 45.8. The second kappa shape index (κ2) is 14.7. The van der Waals surface area contributed by atoms with Crippen LogP contribution in [0.4, 0.5) is 28.4 Å². The fourth-order valence-electron chi connectivity index (χ4n) is 7.62.